The Bertz CT molecular complexity index is 1750. The number of furan rings is 1. The van der Waals surface area contributed by atoms with Gasteiger partial charge in [0, 0.05) is 17.8 Å². The number of carbonyl (C=O) groups excluding carboxylic acids is 1. The lowest BCUT2D eigenvalue weighted by Gasteiger charge is -2.21. The van der Waals surface area contributed by atoms with Crippen LogP contribution < -0.4 is 5.43 Å². The first-order valence-corrected chi connectivity index (χ1v) is 13.8. The number of amides is 1. The Hall–Kier alpha value is -4.25. The van der Waals surface area contributed by atoms with Gasteiger partial charge in [-0.15, -0.1) is 0 Å². The van der Waals surface area contributed by atoms with Gasteiger partial charge in [-0.2, -0.15) is 9.41 Å². The minimum atomic E-state index is -3.83. The highest BCUT2D eigenvalue weighted by Crippen LogP contribution is 2.22. The van der Waals surface area contributed by atoms with Crippen molar-refractivity contribution in [3.63, 3.8) is 0 Å². The van der Waals surface area contributed by atoms with E-state index in [1.165, 1.54) is 10.5 Å². The summed E-state index contributed by atoms with van der Waals surface area (Å²) in [6.45, 7) is 1.86. The fraction of sp³-hybridized carbons (Fsp3) is 0.107. The van der Waals surface area contributed by atoms with E-state index in [4.69, 9.17) is 16.0 Å². The topological polar surface area (TPSA) is 109 Å². The predicted molar refractivity (Wildman–Crippen MR) is 148 cm³/mol. The van der Waals surface area contributed by atoms with Crippen molar-refractivity contribution in [3.8, 4) is 0 Å². The van der Waals surface area contributed by atoms with Crippen LogP contribution in [0.2, 0.25) is 5.02 Å². The number of hydrogen-bond acceptors (Lipinski definition) is 6. The minimum absolute atomic E-state index is 0.0128. The van der Waals surface area contributed by atoms with Crippen LogP contribution >= 0.6 is 11.6 Å². The molecule has 0 atom stereocenters. The molecule has 9 nitrogen and oxygen atoms in total. The molecule has 1 N–H and O–H groups in total. The van der Waals surface area contributed by atoms with Gasteiger partial charge >= 0.3 is 0 Å². The largest absolute Gasteiger partial charge is 0.459 e. The van der Waals surface area contributed by atoms with Crippen LogP contribution in [0.25, 0.3) is 5.65 Å². The summed E-state index contributed by atoms with van der Waals surface area (Å²) in [6, 6.07) is 24.0. The molecule has 0 unspecified atom stereocenters. The molecule has 0 saturated carbocycles. The summed E-state index contributed by atoms with van der Waals surface area (Å²) in [5.74, 6) is 0.343. The van der Waals surface area contributed by atoms with Crippen LogP contribution in [0, 0.1) is 6.92 Å². The first-order chi connectivity index (χ1) is 18.8. The van der Waals surface area contributed by atoms with Crippen molar-refractivity contribution in [1.82, 2.24) is 19.1 Å². The van der Waals surface area contributed by atoms with Crippen molar-refractivity contribution >= 4 is 39.4 Å². The van der Waals surface area contributed by atoms with Crippen molar-refractivity contribution in [2.24, 2.45) is 5.10 Å². The third-order valence-electron chi connectivity index (χ3n) is 5.94. The van der Waals surface area contributed by atoms with Crippen LogP contribution in [-0.2, 0) is 23.1 Å². The number of nitrogens with zero attached hydrogens (tertiary/aromatic N) is 4. The Morgan fingerprint density at radius 2 is 1.77 bits per heavy atom. The van der Waals surface area contributed by atoms with Gasteiger partial charge in [0.15, 0.2) is 0 Å². The summed E-state index contributed by atoms with van der Waals surface area (Å²) in [5.41, 5.74) is 4.89. The number of fused-ring (bicyclic) bond motifs is 1. The molecular weight excluding hydrogens is 538 g/mol. The van der Waals surface area contributed by atoms with Crippen molar-refractivity contribution in [3.05, 3.63) is 125 Å². The fourth-order valence-corrected chi connectivity index (χ4v) is 5.62. The van der Waals surface area contributed by atoms with E-state index in [0.717, 1.165) is 5.56 Å². The molecular formula is C28H24ClN5O4S. The second-order valence-electron chi connectivity index (χ2n) is 8.69. The molecule has 11 heteroatoms. The number of sulfonamides is 1. The Balaban J connectivity index is 1.32. The lowest BCUT2D eigenvalue weighted by molar-refractivity contribution is 0.0948. The maximum Gasteiger partial charge on any atom is 0.290 e. The highest BCUT2D eigenvalue weighted by molar-refractivity contribution is 7.89. The van der Waals surface area contributed by atoms with E-state index in [1.807, 2.05) is 18.2 Å². The Morgan fingerprint density at radius 3 is 2.54 bits per heavy atom. The number of rotatable bonds is 9. The summed E-state index contributed by atoms with van der Waals surface area (Å²) in [4.78, 5) is 17.3. The molecule has 0 fully saturated rings. The quantitative estimate of drug-likeness (QED) is 0.200. The SMILES string of the molecule is Cc1nc2ccccn2c1C(=O)N/N=C/c1ccc(CN(Cc2ccc(Cl)cc2)S(=O)(=O)c2ccccc2)o1. The molecule has 0 bridgehead atoms. The van der Waals surface area contributed by atoms with Gasteiger partial charge in [-0.05, 0) is 61.0 Å². The van der Waals surface area contributed by atoms with Gasteiger partial charge in [-0.1, -0.05) is 48.0 Å². The van der Waals surface area contributed by atoms with E-state index in [0.29, 0.717) is 33.6 Å². The maximum atomic E-state index is 13.5. The van der Waals surface area contributed by atoms with Gasteiger partial charge in [0.2, 0.25) is 10.0 Å². The second kappa shape index (κ2) is 11.2. The van der Waals surface area contributed by atoms with E-state index in [-0.39, 0.29) is 18.0 Å². The van der Waals surface area contributed by atoms with Crippen LogP contribution in [-0.4, -0.2) is 34.2 Å². The van der Waals surface area contributed by atoms with E-state index in [9.17, 15) is 13.2 Å². The number of benzene rings is 2. The van der Waals surface area contributed by atoms with Crippen LogP contribution in [0.5, 0.6) is 0 Å². The third kappa shape index (κ3) is 5.93. The molecule has 5 rings (SSSR count). The zero-order valence-electron chi connectivity index (χ0n) is 20.9. The molecule has 1 amide bonds. The molecule has 3 heterocycles. The van der Waals surface area contributed by atoms with Crippen LogP contribution in [0.3, 0.4) is 0 Å². The molecule has 3 aromatic heterocycles. The number of pyridine rings is 1. The van der Waals surface area contributed by atoms with Gasteiger partial charge in [-0.3, -0.25) is 9.20 Å². The summed E-state index contributed by atoms with van der Waals surface area (Å²) in [6.07, 6.45) is 3.11. The Labute approximate surface area is 230 Å². The lowest BCUT2D eigenvalue weighted by Crippen LogP contribution is -2.30. The standard InChI is InChI=1S/C28H24ClN5O4S/c1-20-27(34-16-6-5-9-26(34)31-20)28(35)32-30-17-23-14-15-24(38-23)19-33(18-21-10-12-22(29)13-11-21)39(36,37)25-7-3-2-4-8-25/h2-17H,18-19H2,1H3,(H,32,35)/b30-17+. The lowest BCUT2D eigenvalue weighted by atomic mass is 10.2. The number of aryl methyl sites for hydroxylation is 1. The van der Waals surface area contributed by atoms with E-state index in [2.05, 4.69) is 15.5 Å². The minimum Gasteiger partial charge on any atom is -0.459 e. The molecule has 198 valence electrons. The van der Waals surface area contributed by atoms with Gasteiger partial charge in [0.05, 0.1) is 23.3 Å². The van der Waals surface area contributed by atoms with Gasteiger partial charge in [-0.25, -0.2) is 18.8 Å². The average Bonchev–Trinajstić information content (AvgIpc) is 3.52. The highest BCUT2D eigenvalue weighted by atomic mass is 35.5. The first-order valence-electron chi connectivity index (χ1n) is 12.0. The number of hydrogen-bond donors (Lipinski definition) is 1. The highest BCUT2D eigenvalue weighted by Gasteiger charge is 2.26. The van der Waals surface area contributed by atoms with Crippen LogP contribution in [0.4, 0.5) is 0 Å². The normalized spacial score (nSPS) is 12.0. The number of imidazole rings is 1. The van der Waals surface area contributed by atoms with Crippen LogP contribution in [0.15, 0.2) is 106 Å². The predicted octanol–water partition coefficient (Wildman–Crippen LogP) is 5.04. The first kappa shape index (κ1) is 26.4. The average molecular weight is 562 g/mol. The van der Waals surface area contributed by atoms with Gasteiger partial charge in [0.25, 0.3) is 5.91 Å². The maximum absolute atomic E-state index is 13.5. The molecule has 0 radical (unpaired) electrons. The molecule has 5 aromatic rings. The number of hydrazone groups is 1. The number of aromatic nitrogens is 2. The number of nitrogens with one attached hydrogen (secondary N) is 1. The van der Waals surface area contributed by atoms with Crippen molar-refractivity contribution in [2.75, 3.05) is 0 Å². The molecule has 0 aliphatic carbocycles. The molecule has 0 aliphatic rings. The van der Waals surface area contributed by atoms with Crippen LogP contribution in [0.1, 0.15) is 33.3 Å². The van der Waals surface area contributed by atoms with Gasteiger partial charge < -0.3 is 4.42 Å². The molecule has 39 heavy (non-hydrogen) atoms. The van der Waals surface area contributed by atoms with Crippen molar-refractivity contribution in [1.29, 1.82) is 0 Å². The summed E-state index contributed by atoms with van der Waals surface area (Å²) < 4.78 is 35.8. The smallest absolute Gasteiger partial charge is 0.290 e. The Kier molecular flexibility index (Phi) is 7.60. The second-order valence-corrected chi connectivity index (χ2v) is 11.1. The van der Waals surface area contributed by atoms with E-state index < -0.39 is 15.9 Å². The summed E-state index contributed by atoms with van der Waals surface area (Å²) in [5, 5.41) is 4.57. The molecule has 0 saturated heterocycles. The summed E-state index contributed by atoms with van der Waals surface area (Å²) >= 11 is 6.00. The monoisotopic (exact) mass is 561 g/mol. The summed E-state index contributed by atoms with van der Waals surface area (Å²) in [7, 11) is -3.83. The number of carbonyl (C=O) groups is 1. The third-order valence-corrected chi connectivity index (χ3v) is 8.00. The zero-order valence-corrected chi connectivity index (χ0v) is 22.4. The van der Waals surface area contributed by atoms with Gasteiger partial charge in [0.1, 0.15) is 22.9 Å². The van der Waals surface area contributed by atoms with Crippen molar-refractivity contribution < 1.29 is 17.6 Å². The fourth-order valence-electron chi connectivity index (χ4n) is 4.08. The molecule has 0 spiro atoms. The molecule has 2 aromatic carbocycles. The zero-order chi connectivity index (χ0) is 27.4. The van der Waals surface area contributed by atoms with E-state index >= 15 is 0 Å². The molecule has 0 aliphatic heterocycles. The van der Waals surface area contributed by atoms with E-state index in [1.54, 1.807) is 84.3 Å². The number of halogens is 1. The Morgan fingerprint density at radius 1 is 1.03 bits per heavy atom. The van der Waals surface area contributed by atoms with Crippen molar-refractivity contribution in [2.45, 2.75) is 24.9 Å².